The van der Waals surface area contributed by atoms with Crippen molar-refractivity contribution in [2.45, 2.75) is 5.37 Å². The summed E-state index contributed by atoms with van der Waals surface area (Å²) in [5.41, 5.74) is 1.59. The Labute approximate surface area is 125 Å². The number of hydrogen-bond acceptors (Lipinski definition) is 3. The molecule has 108 valence electrons. The molecule has 2 aromatic rings. The summed E-state index contributed by atoms with van der Waals surface area (Å²) in [7, 11) is 0.326. The highest BCUT2D eigenvalue weighted by atomic mass is 32.2. The summed E-state index contributed by atoms with van der Waals surface area (Å²) in [6, 6.07) is 16.7. The van der Waals surface area contributed by atoms with Gasteiger partial charge in [0, 0.05) is 5.69 Å². The number of nitrogens with zero attached hydrogens (tertiary/aromatic N) is 1. The van der Waals surface area contributed by atoms with E-state index in [1.165, 1.54) is 0 Å². The number of amides is 1. The number of carbonyl (C=O) groups is 1. The lowest BCUT2D eigenvalue weighted by Gasteiger charge is -2.24. The molecule has 1 fully saturated rings. The number of carbonyl (C=O) groups excluding carboxylic acids is 1. The number of benzene rings is 2. The van der Waals surface area contributed by atoms with Crippen molar-refractivity contribution in [3.63, 3.8) is 0 Å². The summed E-state index contributed by atoms with van der Waals surface area (Å²) in [5, 5.41) is -0.463. The number of para-hydroxylation sites is 1. The Balaban J connectivity index is 2.05. The third kappa shape index (κ3) is 2.56. The van der Waals surface area contributed by atoms with Crippen molar-refractivity contribution < 1.29 is 13.7 Å². The standard InChI is InChI=1S/C16H15NO3S/c1-20-14-9-5-6-12(10-14)16-17(15(18)11-21(16)19)13-7-3-2-4-8-13/h2-10,16H,11H2,1H3. The fraction of sp³-hybridized carbons (Fsp3) is 0.188. The Hall–Kier alpha value is -2.14. The predicted molar refractivity (Wildman–Crippen MR) is 82.7 cm³/mol. The zero-order valence-corrected chi connectivity index (χ0v) is 12.4. The van der Waals surface area contributed by atoms with Crippen LogP contribution in [-0.4, -0.2) is 23.0 Å². The highest BCUT2D eigenvalue weighted by Gasteiger charge is 2.39. The van der Waals surface area contributed by atoms with Crippen molar-refractivity contribution in [1.82, 2.24) is 0 Å². The molecule has 1 saturated heterocycles. The molecule has 2 atom stereocenters. The molecule has 1 aliphatic rings. The van der Waals surface area contributed by atoms with Crippen molar-refractivity contribution in [3.8, 4) is 5.75 Å². The molecule has 0 spiro atoms. The van der Waals surface area contributed by atoms with Gasteiger partial charge < -0.3 is 4.74 Å². The van der Waals surface area contributed by atoms with Crippen LogP contribution in [0.5, 0.6) is 5.75 Å². The summed E-state index contributed by atoms with van der Waals surface area (Å²) < 4.78 is 17.6. The lowest BCUT2D eigenvalue weighted by Crippen LogP contribution is -2.28. The zero-order chi connectivity index (χ0) is 14.8. The molecule has 2 unspecified atom stereocenters. The average molecular weight is 301 g/mol. The largest absolute Gasteiger partial charge is 0.497 e. The summed E-state index contributed by atoms with van der Waals surface area (Å²) >= 11 is 0. The minimum absolute atomic E-state index is 0.0524. The molecule has 0 aliphatic carbocycles. The molecule has 2 aromatic carbocycles. The van der Waals surface area contributed by atoms with Crippen LogP contribution < -0.4 is 9.64 Å². The van der Waals surface area contributed by atoms with Gasteiger partial charge in [0.15, 0.2) is 0 Å². The second kappa shape index (κ2) is 5.69. The molecule has 0 aromatic heterocycles. The normalized spacial score (nSPS) is 21.6. The van der Waals surface area contributed by atoms with Crippen molar-refractivity contribution in [2.24, 2.45) is 0 Å². The Morgan fingerprint density at radius 2 is 1.90 bits per heavy atom. The van der Waals surface area contributed by atoms with E-state index in [0.29, 0.717) is 5.75 Å². The first kappa shape index (κ1) is 13.8. The second-order valence-corrected chi connectivity index (χ2v) is 6.25. The fourth-order valence-electron chi connectivity index (χ4n) is 2.48. The summed E-state index contributed by atoms with van der Waals surface area (Å²) in [6.07, 6.45) is 0. The lowest BCUT2D eigenvalue weighted by atomic mass is 10.1. The van der Waals surface area contributed by atoms with Gasteiger partial charge in [-0.3, -0.25) is 13.9 Å². The van der Waals surface area contributed by atoms with Crippen LogP contribution in [0.1, 0.15) is 10.9 Å². The molecule has 0 radical (unpaired) electrons. The van der Waals surface area contributed by atoms with E-state index >= 15 is 0 Å². The van der Waals surface area contributed by atoms with E-state index in [2.05, 4.69) is 0 Å². The Morgan fingerprint density at radius 1 is 1.14 bits per heavy atom. The summed E-state index contributed by atoms with van der Waals surface area (Å²) in [6.45, 7) is 0. The van der Waals surface area contributed by atoms with E-state index in [9.17, 15) is 9.00 Å². The SMILES string of the molecule is COc1cccc(C2N(c3ccccc3)C(=O)CS2=O)c1. The topological polar surface area (TPSA) is 46.6 Å². The molecule has 5 heteroatoms. The lowest BCUT2D eigenvalue weighted by molar-refractivity contribution is -0.115. The van der Waals surface area contributed by atoms with Crippen molar-refractivity contribution >= 4 is 22.4 Å². The molecule has 0 N–H and O–H groups in total. The third-order valence-electron chi connectivity index (χ3n) is 3.43. The number of hydrogen-bond donors (Lipinski definition) is 0. The van der Waals surface area contributed by atoms with Gasteiger partial charge in [0.1, 0.15) is 16.9 Å². The van der Waals surface area contributed by atoms with Gasteiger partial charge in [0.05, 0.1) is 17.9 Å². The van der Waals surface area contributed by atoms with Gasteiger partial charge in [-0.05, 0) is 29.8 Å². The van der Waals surface area contributed by atoms with Gasteiger partial charge in [-0.15, -0.1) is 0 Å². The summed E-state index contributed by atoms with van der Waals surface area (Å²) in [4.78, 5) is 13.8. The maximum atomic E-state index is 12.4. The fourth-order valence-corrected chi connectivity index (χ4v) is 3.95. The van der Waals surface area contributed by atoms with E-state index in [4.69, 9.17) is 4.74 Å². The van der Waals surface area contributed by atoms with Gasteiger partial charge in [-0.25, -0.2) is 0 Å². The van der Waals surface area contributed by atoms with Crippen LogP contribution in [0.4, 0.5) is 5.69 Å². The van der Waals surface area contributed by atoms with Crippen LogP contribution >= 0.6 is 0 Å². The zero-order valence-electron chi connectivity index (χ0n) is 11.6. The number of anilines is 1. The van der Waals surface area contributed by atoms with Crippen LogP contribution in [-0.2, 0) is 15.6 Å². The first-order valence-electron chi connectivity index (χ1n) is 6.59. The van der Waals surface area contributed by atoms with E-state index in [-0.39, 0.29) is 11.7 Å². The molecule has 1 heterocycles. The van der Waals surface area contributed by atoms with E-state index in [1.807, 2.05) is 54.6 Å². The smallest absolute Gasteiger partial charge is 0.241 e. The summed E-state index contributed by atoms with van der Waals surface area (Å²) in [5.74, 6) is 0.626. The molecule has 0 bridgehead atoms. The molecular weight excluding hydrogens is 286 g/mol. The monoisotopic (exact) mass is 301 g/mol. The van der Waals surface area contributed by atoms with E-state index in [1.54, 1.807) is 12.0 Å². The van der Waals surface area contributed by atoms with Gasteiger partial charge in [0.2, 0.25) is 5.91 Å². The van der Waals surface area contributed by atoms with Crippen molar-refractivity contribution in [1.29, 1.82) is 0 Å². The van der Waals surface area contributed by atoms with Crippen LogP contribution in [0.25, 0.3) is 0 Å². The molecule has 1 amide bonds. The second-order valence-electron chi connectivity index (χ2n) is 4.75. The van der Waals surface area contributed by atoms with Gasteiger partial charge in [0.25, 0.3) is 0 Å². The molecule has 4 nitrogen and oxygen atoms in total. The molecule has 21 heavy (non-hydrogen) atoms. The number of ether oxygens (including phenoxy) is 1. The number of methoxy groups -OCH3 is 1. The average Bonchev–Trinajstić information content (AvgIpc) is 2.82. The third-order valence-corrected chi connectivity index (χ3v) is 4.94. The van der Waals surface area contributed by atoms with Gasteiger partial charge >= 0.3 is 0 Å². The first-order valence-corrected chi connectivity index (χ1v) is 7.97. The molecule has 3 rings (SSSR count). The molecular formula is C16H15NO3S. The maximum Gasteiger partial charge on any atom is 0.241 e. The van der Waals surface area contributed by atoms with Crippen LogP contribution in [0, 0.1) is 0 Å². The molecule has 1 aliphatic heterocycles. The van der Waals surface area contributed by atoms with E-state index < -0.39 is 16.2 Å². The number of rotatable bonds is 3. The Bertz CT molecular complexity index is 687. The maximum absolute atomic E-state index is 12.4. The van der Waals surface area contributed by atoms with Crippen LogP contribution in [0.3, 0.4) is 0 Å². The first-order chi connectivity index (χ1) is 10.2. The minimum Gasteiger partial charge on any atom is -0.497 e. The van der Waals surface area contributed by atoms with Gasteiger partial charge in [-0.2, -0.15) is 0 Å². The van der Waals surface area contributed by atoms with Crippen molar-refractivity contribution in [3.05, 3.63) is 60.2 Å². The van der Waals surface area contributed by atoms with E-state index in [0.717, 1.165) is 11.3 Å². The Morgan fingerprint density at radius 3 is 2.62 bits per heavy atom. The predicted octanol–water partition coefficient (Wildman–Crippen LogP) is 2.49. The van der Waals surface area contributed by atoms with Crippen molar-refractivity contribution in [2.75, 3.05) is 17.8 Å². The van der Waals surface area contributed by atoms with Gasteiger partial charge in [-0.1, -0.05) is 30.3 Å². The quantitative estimate of drug-likeness (QED) is 0.875. The van der Waals surface area contributed by atoms with Crippen LogP contribution in [0.15, 0.2) is 54.6 Å². The van der Waals surface area contributed by atoms with Crippen LogP contribution in [0.2, 0.25) is 0 Å². The highest BCUT2D eigenvalue weighted by Crippen LogP contribution is 2.36. The molecule has 0 saturated carbocycles. The Kier molecular flexibility index (Phi) is 3.75. The highest BCUT2D eigenvalue weighted by molar-refractivity contribution is 7.86. The minimum atomic E-state index is -1.26.